The van der Waals surface area contributed by atoms with E-state index in [1.807, 2.05) is 18.2 Å². The summed E-state index contributed by atoms with van der Waals surface area (Å²) in [6.45, 7) is 3.33. The summed E-state index contributed by atoms with van der Waals surface area (Å²) >= 11 is 1.27. The average Bonchev–Trinajstić information content (AvgIpc) is 2.90. The molecule has 1 fully saturated rings. The van der Waals surface area contributed by atoms with Crippen molar-refractivity contribution in [2.45, 2.75) is 0 Å². The summed E-state index contributed by atoms with van der Waals surface area (Å²) in [5, 5.41) is 0. The van der Waals surface area contributed by atoms with Gasteiger partial charge in [-0.1, -0.05) is 30.3 Å². The molecule has 1 saturated heterocycles. The third kappa shape index (κ3) is 2.16. The van der Waals surface area contributed by atoms with Crippen molar-refractivity contribution in [3.8, 4) is 11.3 Å². The van der Waals surface area contributed by atoms with Crippen molar-refractivity contribution in [3.63, 3.8) is 0 Å². The van der Waals surface area contributed by atoms with Gasteiger partial charge < -0.3 is 9.64 Å². The number of morpholine rings is 1. The lowest BCUT2D eigenvalue weighted by atomic mass is 10.1. The minimum Gasteiger partial charge on any atom is -0.378 e. The third-order valence-corrected chi connectivity index (χ3v) is 3.35. The fraction of sp³-hybridized carbons (Fsp3) is 0.333. The van der Waals surface area contributed by atoms with E-state index in [1.165, 1.54) is 11.7 Å². The van der Waals surface area contributed by atoms with Crippen LogP contribution in [0.1, 0.15) is 0 Å². The number of nitrogens with zero attached hydrogens (tertiary/aromatic N) is 3. The summed E-state index contributed by atoms with van der Waals surface area (Å²) in [5.74, 6) is 0.990. The van der Waals surface area contributed by atoms with E-state index in [4.69, 9.17) is 4.74 Å². The molecule has 0 saturated carbocycles. The maximum Gasteiger partial charge on any atom is 0.170 e. The molecule has 1 aromatic heterocycles. The maximum atomic E-state index is 5.36. The largest absolute Gasteiger partial charge is 0.378 e. The monoisotopic (exact) mass is 247 g/mol. The molecule has 17 heavy (non-hydrogen) atoms. The van der Waals surface area contributed by atoms with Crippen molar-refractivity contribution in [2.75, 3.05) is 31.2 Å². The molecule has 2 heterocycles. The maximum absolute atomic E-state index is 5.36. The van der Waals surface area contributed by atoms with Crippen molar-refractivity contribution in [3.05, 3.63) is 30.3 Å². The second kappa shape index (κ2) is 4.81. The van der Waals surface area contributed by atoms with Crippen LogP contribution in [0, 0.1) is 0 Å². The molecule has 3 rings (SSSR count). The zero-order valence-electron chi connectivity index (χ0n) is 9.37. The van der Waals surface area contributed by atoms with E-state index in [0.717, 1.165) is 43.4 Å². The quantitative estimate of drug-likeness (QED) is 0.814. The topological polar surface area (TPSA) is 38.2 Å². The fourth-order valence-corrected chi connectivity index (χ4v) is 2.53. The smallest absolute Gasteiger partial charge is 0.170 e. The normalized spacial score (nSPS) is 16.1. The molecule has 0 spiro atoms. The van der Waals surface area contributed by atoms with Crippen molar-refractivity contribution >= 4 is 17.5 Å². The minimum atomic E-state index is 0.770. The molecule has 0 bridgehead atoms. The highest BCUT2D eigenvalue weighted by atomic mass is 32.1. The first-order valence-corrected chi connectivity index (χ1v) is 6.39. The molecule has 0 N–H and O–H groups in total. The Hall–Kier alpha value is -1.46. The zero-order valence-corrected chi connectivity index (χ0v) is 10.2. The van der Waals surface area contributed by atoms with Gasteiger partial charge in [0.05, 0.1) is 24.9 Å². The van der Waals surface area contributed by atoms with Gasteiger partial charge in [-0.05, 0) is 0 Å². The van der Waals surface area contributed by atoms with E-state index in [-0.39, 0.29) is 0 Å². The van der Waals surface area contributed by atoms with Crippen LogP contribution >= 0.6 is 11.7 Å². The molecule has 0 unspecified atom stereocenters. The van der Waals surface area contributed by atoms with E-state index in [2.05, 4.69) is 25.8 Å². The van der Waals surface area contributed by atoms with Gasteiger partial charge in [-0.15, -0.1) is 0 Å². The predicted molar refractivity (Wildman–Crippen MR) is 68.4 cm³/mol. The van der Waals surface area contributed by atoms with E-state index in [1.54, 1.807) is 0 Å². The Morgan fingerprint density at radius 3 is 2.59 bits per heavy atom. The number of aromatic nitrogens is 2. The Morgan fingerprint density at radius 2 is 1.82 bits per heavy atom. The molecule has 0 aliphatic carbocycles. The molecule has 88 valence electrons. The Balaban J connectivity index is 1.93. The molecular formula is C12H13N3OS. The van der Waals surface area contributed by atoms with Crippen molar-refractivity contribution in [1.29, 1.82) is 0 Å². The Morgan fingerprint density at radius 1 is 1.06 bits per heavy atom. The lowest BCUT2D eigenvalue weighted by Crippen LogP contribution is -2.36. The van der Waals surface area contributed by atoms with Gasteiger partial charge in [0.15, 0.2) is 5.82 Å². The summed E-state index contributed by atoms with van der Waals surface area (Å²) in [6.07, 6.45) is 0. The van der Waals surface area contributed by atoms with E-state index in [0.29, 0.717) is 0 Å². The van der Waals surface area contributed by atoms with Crippen LogP contribution in [0.3, 0.4) is 0 Å². The van der Waals surface area contributed by atoms with E-state index >= 15 is 0 Å². The highest BCUT2D eigenvalue weighted by molar-refractivity contribution is 6.99. The highest BCUT2D eigenvalue weighted by Crippen LogP contribution is 2.28. The van der Waals surface area contributed by atoms with Gasteiger partial charge in [0.1, 0.15) is 5.69 Å². The summed E-state index contributed by atoms with van der Waals surface area (Å²) in [6, 6.07) is 10.2. The van der Waals surface area contributed by atoms with Crippen molar-refractivity contribution in [1.82, 2.24) is 8.75 Å². The number of rotatable bonds is 2. The summed E-state index contributed by atoms with van der Waals surface area (Å²) in [4.78, 5) is 2.25. The lowest BCUT2D eigenvalue weighted by Gasteiger charge is -2.27. The van der Waals surface area contributed by atoms with Crippen molar-refractivity contribution in [2.24, 2.45) is 0 Å². The van der Waals surface area contributed by atoms with Crippen LogP contribution in [-0.4, -0.2) is 35.1 Å². The Bertz CT molecular complexity index is 480. The first kappa shape index (κ1) is 10.7. The fourth-order valence-electron chi connectivity index (χ4n) is 1.94. The number of hydrogen-bond donors (Lipinski definition) is 0. The summed E-state index contributed by atoms with van der Waals surface area (Å²) < 4.78 is 14.2. The number of anilines is 1. The minimum absolute atomic E-state index is 0.770. The second-order valence-corrected chi connectivity index (χ2v) is 4.43. The lowest BCUT2D eigenvalue weighted by molar-refractivity contribution is 0.122. The van der Waals surface area contributed by atoms with Crippen LogP contribution in [0.25, 0.3) is 11.3 Å². The highest BCUT2D eigenvalue weighted by Gasteiger charge is 2.19. The molecule has 0 atom stereocenters. The Labute approximate surface area is 104 Å². The summed E-state index contributed by atoms with van der Waals surface area (Å²) in [5.41, 5.74) is 2.11. The molecule has 0 radical (unpaired) electrons. The number of benzene rings is 1. The first-order valence-electron chi connectivity index (χ1n) is 5.66. The molecule has 2 aromatic rings. The van der Waals surface area contributed by atoms with Gasteiger partial charge in [-0.25, -0.2) is 0 Å². The van der Waals surface area contributed by atoms with Gasteiger partial charge in [0, 0.05) is 18.7 Å². The SMILES string of the molecule is c1ccc(-c2nsnc2N2CCOCC2)cc1. The standard InChI is InChI=1S/C12H13N3OS/c1-2-4-10(5-3-1)11-12(14-17-13-11)15-6-8-16-9-7-15/h1-5H,6-9H2. The summed E-state index contributed by atoms with van der Waals surface area (Å²) in [7, 11) is 0. The van der Waals surface area contributed by atoms with Crippen LogP contribution in [0.4, 0.5) is 5.82 Å². The van der Waals surface area contributed by atoms with Gasteiger partial charge in [-0.3, -0.25) is 0 Å². The third-order valence-electron chi connectivity index (χ3n) is 2.83. The molecule has 4 nitrogen and oxygen atoms in total. The van der Waals surface area contributed by atoms with Gasteiger partial charge in [-0.2, -0.15) is 8.75 Å². The van der Waals surface area contributed by atoms with Gasteiger partial charge in [0.2, 0.25) is 0 Å². The molecule has 5 heteroatoms. The van der Waals surface area contributed by atoms with Crippen LogP contribution in [0.2, 0.25) is 0 Å². The van der Waals surface area contributed by atoms with Gasteiger partial charge in [0.25, 0.3) is 0 Å². The van der Waals surface area contributed by atoms with Crippen LogP contribution < -0.4 is 4.90 Å². The van der Waals surface area contributed by atoms with Crippen molar-refractivity contribution < 1.29 is 4.74 Å². The van der Waals surface area contributed by atoms with E-state index in [9.17, 15) is 0 Å². The average molecular weight is 247 g/mol. The molecule has 1 aliphatic rings. The molecule has 0 amide bonds. The van der Waals surface area contributed by atoms with Crippen LogP contribution in [0.15, 0.2) is 30.3 Å². The Kier molecular flexibility index (Phi) is 3.02. The van der Waals surface area contributed by atoms with Crippen LogP contribution in [-0.2, 0) is 4.74 Å². The van der Waals surface area contributed by atoms with Gasteiger partial charge >= 0.3 is 0 Å². The zero-order chi connectivity index (χ0) is 11.5. The predicted octanol–water partition coefficient (Wildman–Crippen LogP) is 2.04. The molecular weight excluding hydrogens is 234 g/mol. The van der Waals surface area contributed by atoms with E-state index < -0.39 is 0 Å². The van der Waals surface area contributed by atoms with Crippen LogP contribution in [0.5, 0.6) is 0 Å². The molecule has 1 aliphatic heterocycles. The number of ether oxygens (including phenoxy) is 1. The first-order chi connectivity index (χ1) is 8.45. The number of hydrogen-bond acceptors (Lipinski definition) is 5. The molecule has 1 aromatic carbocycles. The second-order valence-electron chi connectivity index (χ2n) is 3.90.